The van der Waals surface area contributed by atoms with E-state index in [1.165, 1.54) is 0 Å². The van der Waals surface area contributed by atoms with Gasteiger partial charge in [-0.05, 0) is 50.5 Å². The van der Waals surface area contributed by atoms with Gasteiger partial charge >= 0.3 is 0 Å². The van der Waals surface area contributed by atoms with E-state index in [4.69, 9.17) is 16.0 Å². The van der Waals surface area contributed by atoms with Crippen LogP contribution in [0.2, 0.25) is 5.02 Å². The first-order valence-corrected chi connectivity index (χ1v) is 10.9. The maximum Gasteiger partial charge on any atom is 0.287 e. The topological polar surface area (TPSA) is 102 Å². The normalized spacial score (nSPS) is 14.2. The molecule has 0 saturated carbocycles. The molecule has 0 unspecified atom stereocenters. The molecule has 0 radical (unpaired) electrons. The molecule has 3 aromatic rings. The molecule has 1 aromatic carbocycles. The number of nitrogens with one attached hydrogen (secondary N) is 2. The number of hydrazone groups is 1. The number of hydrogen-bond donors (Lipinski definition) is 2. The standard InChI is InChI=1S/C23H24ClN5O3/c1-15-20-18(27-28-22(30)16-6-8-17(24)9-7-16)4-2-5-19(20)32-21(15)23(31)26-10-3-12-29-13-11-25-14-29/h6-9,11,13-14H,2-5,10,12H2,1H3,(H,26,31)(H,28,30)/b27-18+. The Balaban J connectivity index is 1.42. The number of amides is 2. The Kier molecular flexibility index (Phi) is 6.70. The Morgan fingerprint density at radius 2 is 2.03 bits per heavy atom. The van der Waals surface area contributed by atoms with Crippen LogP contribution in [0, 0.1) is 6.92 Å². The molecule has 2 N–H and O–H groups in total. The van der Waals surface area contributed by atoms with E-state index in [0.29, 0.717) is 35.0 Å². The van der Waals surface area contributed by atoms with Gasteiger partial charge in [0.25, 0.3) is 11.8 Å². The highest BCUT2D eigenvalue weighted by molar-refractivity contribution is 6.30. The highest BCUT2D eigenvalue weighted by Crippen LogP contribution is 2.29. The number of aromatic nitrogens is 2. The van der Waals surface area contributed by atoms with Crippen molar-refractivity contribution in [3.63, 3.8) is 0 Å². The number of benzene rings is 1. The van der Waals surface area contributed by atoms with Crippen molar-refractivity contribution >= 4 is 29.1 Å². The quantitative estimate of drug-likeness (QED) is 0.420. The second-order valence-electron chi connectivity index (χ2n) is 7.62. The van der Waals surface area contributed by atoms with Crippen LogP contribution in [0.3, 0.4) is 0 Å². The molecule has 1 aliphatic rings. The zero-order chi connectivity index (χ0) is 22.5. The SMILES string of the molecule is Cc1c(C(=O)NCCCn2ccnc2)oc2c1/C(=N/NC(=O)c1ccc(Cl)cc1)CCC2. The van der Waals surface area contributed by atoms with Crippen molar-refractivity contribution < 1.29 is 14.0 Å². The van der Waals surface area contributed by atoms with Gasteiger partial charge in [0.2, 0.25) is 0 Å². The third-order valence-electron chi connectivity index (χ3n) is 5.37. The van der Waals surface area contributed by atoms with Crippen molar-refractivity contribution in [1.29, 1.82) is 0 Å². The Hall–Kier alpha value is -3.39. The second kappa shape index (κ2) is 9.82. The fraction of sp³-hybridized carbons (Fsp3) is 0.304. The molecule has 4 rings (SSSR count). The maximum absolute atomic E-state index is 12.7. The average Bonchev–Trinajstić information content (AvgIpc) is 3.43. The van der Waals surface area contributed by atoms with Crippen molar-refractivity contribution in [2.75, 3.05) is 6.54 Å². The first-order chi connectivity index (χ1) is 15.5. The number of aryl methyl sites for hydroxylation is 2. The minimum atomic E-state index is -0.321. The number of imidazole rings is 1. The molecule has 2 amide bonds. The van der Waals surface area contributed by atoms with E-state index in [1.807, 2.05) is 17.7 Å². The molecule has 0 fully saturated rings. The molecule has 2 aromatic heterocycles. The summed E-state index contributed by atoms with van der Waals surface area (Å²) in [6.45, 7) is 3.16. The van der Waals surface area contributed by atoms with Crippen molar-refractivity contribution in [2.24, 2.45) is 5.10 Å². The van der Waals surface area contributed by atoms with Crippen LogP contribution in [-0.2, 0) is 13.0 Å². The highest BCUT2D eigenvalue weighted by Gasteiger charge is 2.28. The molecular formula is C23H24ClN5O3. The van der Waals surface area contributed by atoms with Gasteiger partial charge in [-0.15, -0.1) is 0 Å². The van der Waals surface area contributed by atoms with E-state index in [1.54, 1.807) is 36.8 Å². The molecule has 166 valence electrons. The average molecular weight is 454 g/mol. The highest BCUT2D eigenvalue weighted by atomic mass is 35.5. The molecule has 0 saturated heterocycles. The summed E-state index contributed by atoms with van der Waals surface area (Å²) in [5, 5.41) is 7.82. The predicted octanol–water partition coefficient (Wildman–Crippen LogP) is 3.73. The number of fused-ring (bicyclic) bond motifs is 1. The Bertz CT molecular complexity index is 1130. The Morgan fingerprint density at radius 1 is 1.22 bits per heavy atom. The first-order valence-electron chi connectivity index (χ1n) is 10.5. The molecule has 0 aliphatic heterocycles. The van der Waals surface area contributed by atoms with Crippen LogP contribution in [0.25, 0.3) is 0 Å². The summed E-state index contributed by atoms with van der Waals surface area (Å²) in [5.74, 6) is 0.471. The van der Waals surface area contributed by atoms with Crippen LogP contribution < -0.4 is 10.7 Å². The lowest BCUT2D eigenvalue weighted by atomic mass is 9.93. The van der Waals surface area contributed by atoms with Gasteiger partial charge in [0.1, 0.15) is 5.76 Å². The summed E-state index contributed by atoms with van der Waals surface area (Å²) in [6, 6.07) is 6.59. The number of furan rings is 1. The van der Waals surface area contributed by atoms with Crippen LogP contribution in [0.4, 0.5) is 0 Å². The summed E-state index contributed by atoms with van der Waals surface area (Å²) in [7, 11) is 0. The number of nitrogens with zero attached hydrogens (tertiary/aromatic N) is 3. The van der Waals surface area contributed by atoms with E-state index in [2.05, 4.69) is 20.8 Å². The zero-order valence-electron chi connectivity index (χ0n) is 17.7. The summed E-state index contributed by atoms with van der Waals surface area (Å²) in [6.07, 6.45) is 8.41. The second-order valence-corrected chi connectivity index (χ2v) is 8.06. The maximum atomic E-state index is 12.7. The largest absolute Gasteiger partial charge is 0.455 e. The van der Waals surface area contributed by atoms with Crippen LogP contribution in [0.5, 0.6) is 0 Å². The molecule has 0 atom stereocenters. The molecule has 0 bridgehead atoms. The smallest absolute Gasteiger partial charge is 0.287 e. The molecule has 2 heterocycles. The van der Waals surface area contributed by atoms with E-state index in [9.17, 15) is 9.59 Å². The van der Waals surface area contributed by atoms with Crippen molar-refractivity contribution in [3.8, 4) is 0 Å². The number of carbonyl (C=O) groups is 2. The van der Waals surface area contributed by atoms with Crippen LogP contribution in [0.15, 0.2) is 52.5 Å². The first kappa shape index (κ1) is 21.8. The van der Waals surface area contributed by atoms with Gasteiger partial charge in [-0.3, -0.25) is 9.59 Å². The minimum absolute atomic E-state index is 0.243. The lowest BCUT2D eigenvalue weighted by molar-refractivity contribution is 0.0920. The molecule has 9 heteroatoms. The third-order valence-corrected chi connectivity index (χ3v) is 5.62. The number of halogens is 1. The monoisotopic (exact) mass is 453 g/mol. The van der Waals surface area contributed by atoms with Gasteiger partial charge in [-0.1, -0.05) is 11.6 Å². The van der Waals surface area contributed by atoms with Crippen molar-refractivity contribution in [1.82, 2.24) is 20.3 Å². The van der Waals surface area contributed by atoms with E-state index < -0.39 is 0 Å². The summed E-state index contributed by atoms with van der Waals surface area (Å²) >= 11 is 5.87. The zero-order valence-corrected chi connectivity index (χ0v) is 18.5. The van der Waals surface area contributed by atoms with Gasteiger partial charge in [0.05, 0.1) is 12.0 Å². The molecular weight excluding hydrogens is 430 g/mol. The van der Waals surface area contributed by atoms with Gasteiger partial charge in [0, 0.05) is 53.6 Å². The Morgan fingerprint density at radius 3 is 2.78 bits per heavy atom. The van der Waals surface area contributed by atoms with Crippen molar-refractivity contribution in [3.05, 3.63) is 76.2 Å². The molecule has 1 aliphatic carbocycles. The van der Waals surface area contributed by atoms with Crippen LogP contribution in [-0.4, -0.2) is 33.6 Å². The fourth-order valence-electron chi connectivity index (χ4n) is 3.74. The van der Waals surface area contributed by atoms with Gasteiger partial charge in [0.15, 0.2) is 5.76 Å². The molecule has 32 heavy (non-hydrogen) atoms. The summed E-state index contributed by atoms with van der Waals surface area (Å²) < 4.78 is 7.86. The van der Waals surface area contributed by atoms with Gasteiger partial charge in [-0.25, -0.2) is 10.4 Å². The van der Waals surface area contributed by atoms with Crippen LogP contribution in [0.1, 0.15) is 57.1 Å². The third kappa shape index (κ3) is 4.91. The number of carbonyl (C=O) groups excluding carboxylic acids is 2. The van der Waals surface area contributed by atoms with Gasteiger partial charge < -0.3 is 14.3 Å². The lowest BCUT2D eigenvalue weighted by Gasteiger charge is -2.13. The minimum Gasteiger partial charge on any atom is -0.455 e. The number of hydrogen-bond acceptors (Lipinski definition) is 5. The predicted molar refractivity (Wildman–Crippen MR) is 121 cm³/mol. The summed E-state index contributed by atoms with van der Waals surface area (Å²) in [5.41, 5.74) is 5.35. The van der Waals surface area contributed by atoms with Crippen molar-refractivity contribution in [2.45, 2.75) is 39.2 Å². The van der Waals surface area contributed by atoms with E-state index in [-0.39, 0.29) is 11.8 Å². The Labute approximate surface area is 190 Å². The van der Waals surface area contributed by atoms with E-state index in [0.717, 1.165) is 42.7 Å². The lowest BCUT2D eigenvalue weighted by Crippen LogP contribution is -2.25. The fourth-order valence-corrected chi connectivity index (χ4v) is 3.87. The van der Waals surface area contributed by atoms with Crippen LogP contribution >= 0.6 is 11.6 Å². The number of rotatable bonds is 7. The van der Waals surface area contributed by atoms with E-state index >= 15 is 0 Å². The molecule has 0 spiro atoms. The van der Waals surface area contributed by atoms with Gasteiger partial charge in [-0.2, -0.15) is 5.10 Å². The molecule has 8 nitrogen and oxygen atoms in total. The summed E-state index contributed by atoms with van der Waals surface area (Å²) in [4.78, 5) is 29.1.